The Hall–Kier alpha value is -2.28. The van der Waals surface area contributed by atoms with Crippen LogP contribution in [0.2, 0.25) is 5.02 Å². The first-order chi connectivity index (χ1) is 12.2. The molecule has 0 spiro atoms. The highest BCUT2D eigenvalue weighted by Gasteiger charge is 2.21. The van der Waals surface area contributed by atoms with Gasteiger partial charge < -0.3 is 15.1 Å². The van der Waals surface area contributed by atoms with E-state index in [4.69, 9.17) is 16.6 Å². The van der Waals surface area contributed by atoms with Gasteiger partial charge in [0, 0.05) is 39.8 Å². The number of aliphatic imine (C=N–C) groups is 1. The van der Waals surface area contributed by atoms with Crippen molar-refractivity contribution in [1.29, 1.82) is 0 Å². The fourth-order valence-corrected chi connectivity index (χ4v) is 3.16. The lowest BCUT2D eigenvalue weighted by molar-refractivity contribution is 0.372. The van der Waals surface area contributed by atoms with E-state index in [9.17, 15) is 0 Å². The van der Waals surface area contributed by atoms with Crippen LogP contribution in [0.1, 0.15) is 12.7 Å². The number of hydrogen-bond donors (Lipinski definition) is 1. The van der Waals surface area contributed by atoms with Gasteiger partial charge in [-0.2, -0.15) is 5.10 Å². The van der Waals surface area contributed by atoms with E-state index in [1.54, 1.807) is 11.0 Å². The van der Waals surface area contributed by atoms with Gasteiger partial charge in [-0.1, -0.05) is 23.7 Å². The normalized spacial score (nSPS) is 15.6. The molecule has 0 aliphatic carbocycles. The Bertz CT molecular complexity index is 719. The fourth-order valence-electron chi connectivity index (χ4n) is 2.90. The highest BCUT2D eigenvalue weighted by Crippen LogP contribution is 2.26. The van der Waals surface area contributed by atoms with Gasteiger partial charge in [0.2, 0.25) is 0 Å². The Balaban J connectivity index is 1.64. The van der Waals surface area contributed by atoms with Gasteiger partial charge in [0.1, 0.15) is 18.7 Å². The van der Waals surface area contributed by atoms with Gasteiger partial charge in [0.05, 0.1) is 10.7 Å². The van der Waals surface area contributed by atoms with E-state index < -0.39 is 0 Å². The summed E-state index contributed by atoms with van der Waals surface area (Å²) < 4.78 is 1.75. The quantitative estimate of drug-likeness (QED) is 0.664. The van der Waals surface area contributed by atoms with Crippen LogP contribution in [0.15, 0.2) is 35.6 Å². The molecule has 0 atom stereocenters. The second-order valence-electron chi connectivity index (χ2n) is 5.90. The van der Waals surface area contributed by atoms with Crippen LogP contribution < -0.4 is 10.2 Å². The summed E-state index contributed by atoms with van der Waals surface area (Å²) in [5.74, 6) is 1.77. The van der Waals surface area contributed by atoms with Gasteiger partial charge in [-0.3, -0.25) is 4.68 Å². The number of rotatable bonds is 4. The van der Waals surface area contributed by atoms with Gasteiger partial charge >= 0.3 is 0 Å². The molecular formula is C17H24ClN7. The molecule has 3 rings (SSSR count). The molecule has 2 heterocycles. The molecule has 0 radical (unpaired) electrons. The summed E-state index contributed by atoms with van der Waals surface area (Å²) in [6.07, 6.45) is 1.56. The molecule has 1 aromatic carbocycles. The van der Waals surface area contributed by atoms with Gasteiger partial charge in [0.25, 0.3) is 0 Å². The van der Waals surface area contributed by atoms with E-state index in [1.807, 2.05) is 25.2 Å². The summed E-state index contributed by atoms with van der Waals surface area (Å²) in [6.45, 7) is 7.06. The highest BCUT2D eigenvalue weighted by atomic mass is 35.5. The van der Waals surface area contributed by atoms with Crippen molar-refractivity contribution < 1.29 is 0 Å². The van der Waals surface area contributed by atoms with Crippen molar-refractivity contribution in [2.24, 2.45) is 12.0 Å². The average molecular weight is 362 g/mol. The third kappa shape index (κ3) is 4.22. The molecular weight excluding hydrogens is 338 g/mol. The summed E-state index contributed by atoms with van der Waals surface area (Å²) in [5, 5.41) is 8.27. The molecule has 0 unspecified atom stereocenters. The molecule has 1 aliphatic rings. The Kier molecular flexibility index (Phi) is 5.75. The van der Waals surface area contributed by atoms with Crippen LogP contribution in [0.25, 0.3) is 0 Å². The van der Waals surface area contributed by atoms with Crippen molar-refractivity contribution >= 4 is 23.2 Å². The monoisotopic (exact) mass is 361 g/mol. The summed E-state index contributed by atoms with van der Waals surface area (Å²) in [4.78, 5) is 13.6. The number of nitrogens with one attached hydrogen (secondary N) is 1. The minimum absolute atomic E-state index is 0.517. The molecule has 1 saturated heterocycles. The van der Waals surface area contributed by atoms with Gasteiger partial charge in [-0.15, -0.1) is 0 Å². The first-order valence-corrected chi connectivity index (χ1v) is 8.92. The average Bonchev–Trinajstić information content (AvgIpc) is 3.04. The Morgan fingerprint density at radius 3 is 2.64 bits per heavy atom. The molecule has 25 heavy (non-hydrogen) atoms. The van der Waals surface area contributed by atoms with E-state index in [-0.39, 0.29) is 0 Å². The van der Waals surface area contributed by atoms with Gasteiger partial charge in [-0.25, -0.2) is 9.98 Å². The number of halogens is 1. The van der Waals surface area contributed by atoms with E-state index in [1.165, 1.54) is 0 Å². The predicted molar refractivity (Wildman–Crippen MR) is 101 cm³/mol. The van der Waals surface area contributed by atoms with Crippen molar-refractivity contribution in [3.8, 4) is 0 Å². The lowest BCUT2D eigenvalue weighted by Gasteiger charge is -2.38. The molecule has 1 fully saturated rings. The molecule has 8 heteroatoms. The standard InChI is InChI=1S/C17H24ClN7/c1-3-19-17(20-12-16-21-13-22-23(16)2)25-10-8-24(9-11-25)15-7-5-4-6-14(15)18/h4-7,13H,3,8-12H2,1-2H3,(H,19,20). The summed E-state index contributed by atoms with van der Waals surface area (Å²) >= 11 is 6.32. The number of aromatic nitrogens is 3. The molecule has 1 N–H and O–H groups in total. The Morgan fingerprint density at radius 1 is 1.24 bits per heavy atom. The number of piperazine rings is 1. The maximum absolute atomic E-state index is 6.32. The number of benzene rings is 1. The summed E-state index contributed by atoms with van der Waals surface area (Å²) in [5.41, 5.74) is 1.10. The number of aryl methyl sites for hydroxylation is 1. The molecule has 1 aliphatic heterocycles. The van der Waals surface area contributed by atoms with Crippen LogP contribution in [0.4, 0.5) is 5.69 Å². The minimum atomic E-state index is 0.517. The minimum Gasteiger partial charge on any atom is -0.367 e. The first kappa shape index (κ1) is 17.5. The van der Waals surface area contributed by atoms with Crippen molar-refractivity contribution in [3.05, 3.63) is 41.4 Å². The van der Waals surface area contributed by atoms with Crippen LogP contribution >= 0.6 is 11.6 Å². The third-order valence-electron chi connectivity index (χ3n) is 4.28. The number of para-hydroxylation sites is 1. The molecule has 134 valence electrons. The van der Waals surface area contributed by atoms with Crippen LogP contribution in [-0.4, -0.2) is 58.3 Å². The number of hydrogen-bond acceptors (Lipinski definition) is 4. The van der Waals surface area contributed by atoms with Crippen LogP contribution in [-0.2, 0) is 13.6 Å². The van der Waals surface area contributed by atoms with Crippen molar-refractivity contribution in [1.82, 2.24) is 25.0 Å². The largest absolute Gasteiger partial charge is 0.367 e. The number of anilines is 1. The lowest BCUT2D eigenvalue weighted by atomic mass is 10.2. The summed E-state index contributed by atoms with van der Waals surface area (Å²) in [7, 11) is 1.88. The second kappa shape index (κ2) is 8.20. The maximum Gasteiger partial charge on any atom is 0.194 e. The molecule has 7 nitrogen and oxygen atoms in total. The summed E-state index contributed by atoms with van der Waals surface area (Å²) in [6, 6.07) is 8.01. The fraction of sp³-hybridized carbons (Fsp3) is 0.471. The predicted octanol–water partition coefficient (Wildman–Crippen LogP) is 1.76. The van der Waals surface area contributed by atoms with Gasteiger partial charge in [-0.05, 0) is 19.1 Å². The van der Waals surface area contributed by atoms with Crippen LogP contribution in [0.3, 0.4) is 0 Å². The van der Waals surface area contributed by atoms with Crippen LogP contribution in [0.5, 0.6) is 0 Å². The second-order valence-corrected chi connectivity index (χ2v) is 6.30. The zero-order valence-corrected chi connectivity index (χ0v) is 15.4. The maximum atomic E-state index is 6.32. The SMILES string of the molecule is CCNC(=NCc1ncnn1C)N1CCN(c2ccccc2Cl)CC1. The van der Waals surface area contributed by atoms with Gasteiger partial charge in [0.15, 0.2) is 5.96 Å². The first-order valence-electron chi connectivity index (χ1n) is 8.54. The number of nitrogens with zero attached hydrogens (tertiary/aromatic N) is 6. The van der Waals surface area contributed by atoms with E-state index in [0.717, 1.165) is 55.2 Å². The zero-order valence-electron chi connectivity index (χ0n) is 14.7. The Morgan fingerprint density at radius 2 is 2.00 bits per heavy atom. The zero-order chi connectivity index (χ0) is 17.6. The molecule has 2 aromatic rings. The lowest BCUT2D eigenvalue weighted by Crippen LogP contribution is -2.52. The number of guanidine groups is 1. The van der Waals surface area contributed by atoms with Crippen molar-refractivity contribution in [2.75, 3.05) is 37.6 Å². The molecule has 1 aromatic heterocycles. The topological polar surface area (TPSA) is 61.6 Å². The van der Waals surface area contributed by atoms with E-state index in [2.05, 4.69) is 38.2 Å². The highest BCUT2D eigenvalue weighted by molar-refractivity contribution is 6.33. The van der Waals surface area contributed by atoms with E-state index >= 15 is 0 Å². The Labute approximate surface area is 153 Å². The molecule has 0 saturated carbocycles. The smallest absolute Gasteiger partial charge is 0.194 e. The van der Waals surface area contributed by atoms with E-state index in [0.29, 0.717) is 6.54 Å². The third-order valence-corrected chi connectivity index (χ3v) is 4.60. The molecule has 0 amide bonds. The molecule has 0 bridgehead atoms. The van der Waals surface area contributed by atoms with Crippen molar-refractivity contribution in [2.45, 2.75) is 13.5 Å². The van der Waals surface area contributed by atoms with Crippen LogP contribution in [0, 0.1) is 0 Å². The van der Waals surface area contributed by atoms with Crippen molar-refractivity contribution in [3.63, 3.8) is 0 Å².